The van der Waals surface area contributed by atoms with E-state index < -0.39 is 5.60 Å². The van der Waals surface area contributed by atoms with Crippen molar-refractivity contribution in [1.82, 2.24) is 4.90 Å². The Morgan fingerprint density at radius 3 is 2.72 bits per heavy atom. The van der Waals surface area contributed by atoms with Crippen LogP contribution >= 0.6 is 0 Å². The van der Waals surface area contributed by atoms with Crippen LogP contribution in [0.5, 0.6) is 11.5 Å². The third-order valence-corrected chi connectivity index (χ3v) is 5.43. The molecule has 4 rings (SSSR count). The zero-order chi connectivity index (χ0) is 17.4. The Labute approximate surface area is 148 Å². The molecule has 1 aromatic rings. The molecule has 1 aromatic carbocycles. The summed E-state index contributed by atoms with van der Waals surface area (Å²) in [5, 5.41) is 0. The minimum absolute atomic E-state index is 0.0881. The predicted octanol–water partition coefficient (Wildman–Crippen LogP) is 3.77. The zero-order valence-electron chi connectivity index (χ0n) is 14.9. The second-order valence-corrected chi connectivity index (χ2v) is 7.41. The molecule has 5 heteroatoms. The molecule has 134 valence electrons. The highest BCUT2D eigenvalue weighted by Gasteiger charge is 2.43. The number of hydrogen-bond donors (Lipinski definition) is 0. The van der Waals surface area contributed by atoms with Crippen molar-refractivity contribution in [3.05, 3.63) is 35.6 Å². The van der Waals surface area contributed by atoms with Crippen LogP contribution in [0.15, 0.2) is 30.0 Å². The first-order valence-electron chi connectivity index (χ1n) is 9.10. The van der Waals surface area contributed by atoms with Gasteiger partial charge in [0.05, 0.1) is 5.76 Å². The monoisotopic (exact) mass is 343 g/mol. The third kappa shape index (κ3) is 3.08. The summed E-state index contributed by atoms with van der Waals surface area (Å²) in [4.78, 5) is 15.4. The van der Waals surface area contributed by atoms with Crippen molar-refractivity contribution in [2.75, 3.05) is 6.79 Å². The molecule has 0 spiro atoms. The van der Waals surface area contributed by atoms with Crippen LogP contribution in [0.1, 0.15) is 51.5 Å². The van der Waals surface area contributed by atoms with Gasteiger partial charge in [-0.1, -0.05) is 18.9 Å². The van der Waals surface area contributed by atoms with Gasteiger partial charge < -0.3 is 19.1 Å². The van der Waals surface area contributed by atoms with Gasteiger partial charge in [0.2, 0.25) is 6.79 Å². The number of amides is 1. The Hall–Kier alpha value is -2.17. The van der Waals surface area contributed by atoms with Gasteiger partial charge in [-0.25, -0.2) is 0 Å². The molecule has 5 nitrogen and oxygen atoms in total. The summed E-state index contributed by atoms with van der Waals surface area (Å²) in [5.41, 5.74) is 0.291. The van der Waals surface area contributed by atoms with Crippen molar-refractivity contribution in [3.8, 4) is 11.5 Å². The molecular formula is C20H25NO4. The van der Waals surface area contributed by atoms with Gasteiger partial charge in [0.25, 0.3) is 5.91 Å². The highest BCUT2D eigenvalue weighted by atomic mass is 16.7. The van der Waals surface area contributed by atoms with Crippen molar-refractivity contribution < 1.29 is 19.0 Å². The fourth-order valence-electron chi connectivity index (χ4n) is 4.03. The van der Waals surface area contributed by atoms with E-state index in [4.69, 9.17) is 14.2 Å². The van der Waals surface area contributed by atoms with E-state index in [2.05, 4.69) is 0 Å². The average Bonchev–Trinajstić information content (AvgIpc) is 3.33. The lowest BCUT2D eigenvalue weighted by molar-refractivity contribution is -0.152. The first-order valence-corrected chi connectivity index (χ1v) is 9.10. The molecule has 1 atom stereocenters. The van der Waals surface area contributed by atoms with Gasteiger partial charge in [0.15, 0.2) is 17.1 Å². The highest BCUT2D eigenvalue weighted by molar-refractivity contribution is 5.86. The molecule has 25 heavy (non-hydrogen) atoms. The van der Waals surface area contributed by atoms with E-state index >= 15 is 0 Å². The largest absolute Gasteiger partial charge is 0.482 e. The third-order valence-electron chi connectivity index (χ3n) is 5.43. The standard InChI is InChI=1S/C20H25NO4/c1-14-9-10-20(2,25-14)19(22)21(16-5-3-4-6-16)12-15-7-8-17-18(11-15)24-13-23-17/h7-9,11,16H,3-6,10,12-13H2,1-2H3. The maximum Gasteiger partial charge on any atom is 0.267 e. The van der Waals surface area contributed by atoms with Gasteiger partial charge in [0, 0.05) is 19.0 Å². The molecule has 1 saturated carbocycles. The molecule has 0 N–H and O–H groups in total. The SMILES string of the molecule is CC1=CCC(C)(C(=O)N(Cc2ccc3c(c2)OCO3)C2CCCC2)O1. The number of hydrogen-bond acceptors (Lipinski definition) is 4. The quantitative estimate of drug-likeness (QED) is 0.835. The van der Waals surface area contributed by atoms with Crippen LogP contribution in [0.25, 0.3) is 0 Å². The molecule has 3 aliphatic rings. The smallest absolute Gasteiger partial charge is 0.267 e. The van der Waals surface area contributed by atoms with Crippen molar-refractivity contribution >= 4 is 5.91 Å². The molecule has 2 heterocycles. The van der Waals surface area contributed by atoms with Crippen LogP contribution in [0, 0.1) is 0 Å². The molecule has 1 amide bonds. The maximum atomic E-state index is 13.3. The van der Waals surface area contributed by atoms with E-state index in [9.17, 15) is 4.79 Å². The normalized spacial score (nSPS) is 25.0. The van der Waals surface area contributed by atoms with Crippen molar-refractivity contribution in [1.29, 1.82) is 0 Å². The number of allylic oxidation sites excluding steroid dienone is 1. The Bertz CT molecular complexity index is 708. The number of ether oxygens (including phenoxy) is 3. The molecule has 0 bridgehead atoms. The van der Waals surface area contributed by atoms with Crippen LogP contribution in [0.4, 0.5) is 0 Å². The van der Waals surface area contributed by atoms with E-state index in [0.29, 0.717) is 19.0 Å². The van der Waals surface area contributed by atoms with Gasteiger partial charge in [-0.15, -0.1) is 0 Å². The topological polar surface area (TPSA) is 48.0 Å². The summed E-state index contributed by atoms with van der Waals surface area (Å²) in [5.74, 6) is 2.46. The lowest BCUT2D eigenvalue weighted by atomic mass is 9.99. The molecular weight excluding hydrogens is 318 g/mol. The van der Waals surface area contributed by atoms with E-state index in [1.54, 1.807) is 0 Å². The summed E-state index contributed by atoms with van der Waals surface area (Å²) in [6, 6.07) is 6.22. The summed E-state index contributed by atoms with van der Waals surface area (Å²) < 4.78 is 16.8. The molecule has 1 unspecified atom stereocenters. The second kappa shape index (κ2) is 6.28. The molecule has 0 radical (unpaired) electrons. The lowest BCUT2D eigenvalue weighted by Crippen LogP contribution is -2.50. The Morgan fingerprint density at radius 1 is 1.24 bits per heavy atom. The van der Waals surface area contributed by atoms with Crippen LogP contribution in [-0.4, -0.2) is 29.2 Å². The summed E-state index contributed by atoms with van der Waals surface area (Å²) in [7, 11) is 0. The molecule has 0 aromatic heterocycles. The van der Waals surface area contributed by atoms with Crippen molar-refractivity contribution in [2.24, 2.45) is 0 Å². The lowest BCUT2D eigenvalue weighted by Gasteiger charge is -2.36. The molecule has 0 saturated heterocycles. The van der Waals surface area contributed by atoms with E-state index in [1.165, 1.54) is 12.8 Å². The molecule has 1 aliphatic carbocycles. The Balaban J connectivity index is 1.57. The number of nitrogens with zero attached hydrogens (tertiary/aromatic N) is 1. The molecule has 1 fully saturated rings. The number of carbonyl (C=O) groups is 1. The van der Waals surface area contributed by atoms with Crippen molar-refractivity contribution in [2.45, 2.75) is 64.1 Å². The zero-order valence-corrected chi connectivity index (χ0v) is 14.9. The van der Waals surface area contributed by atoms with Crippen LogP contribution in [0.3, 0.4) is 0 Å². The second-order valence-electron chi connectivity index (χ2n) is 7.41. The van der Waals surface area contributed by atoms with Gasteiger partial charge >= 0.3 is 0 Å². The number of fused-ring (bicyclic) bond motifs is 1. The van der Waals surface area contributed by atoms with Crippen LogP contribution in [-0.2, 0) is 16.1 Å². The van der Waals surface area contributed by atoms with Crippen molar-refractivity contribution in [3.63, 3.8) is 0 Å². The van der Waals surface area contributed by atoms with E-state index in [0.717, 1.165) is 35.7 Å². The Morgan fingerprint density at radius 2 is 2.00 bits per heavy atom. The average molecular weight is 343 g/mol. The predicted molar refractivity (Wildman–Crippen MR) is 93.2 cm³/mol. The minimum Gasteiger partial charge on any atom is -0.482 e. The first kappa shape index (κ1) is 16.3. The summed E-state index contributed by atoms with van der Waals surface area (Å²) >= 11 is 0. The Kier molecular flexibility index (Phi) is 4.10. The summed E-state index contributed by atoms with van der Waals surface area (Å²) in [6.45, 7) is 4.67. The maximum absolute atomic E-state index is 13.3. The van der Waals surface area contributed by atoms with Gasteiger partial charge in [-0.05, 0) is 50.5 Å². The number of carbonyl (C=O) groups excluding carboxylic acids is 1. The van der Waals surface area contributed by atoms with E-state index in [1.807, 2.05) is 43.0 Å². The fraction of sp³-hybridized carbons (Fsp3) is 0.550. The first-order chi connectivity index (χ1) is 12.0. The van der Waals surface area contributed by atoms with E-state index in [-0.39, 0.29) is 12.7 Å². The van der Waals surface area contributed by atoms with Crippen LogP contribution in [0.2, 0.25) is 0 Å². The van der Waals surface area contributed by atoms with Gasteiger partial charge in [-0.3, -0.25) is 4.79 Å². The van der Waals surface area contributed by atoms with Gasteiger partial charge in [-0.2, -0.15) is 0 Å². The minimum atomic E-state index is -0.775. The fourth-order valence-corrected chi connectivity index (χ4v) is 4.03. The number of rotatable bonds is 4. The highest BCUT2D eigenvalue weighted by Crippen LogP contribution is 2.36. The summed E-state index contributed by atoms with van der Waals surface area (Å²) in [6.07, 6.45) is 7.15. The van der Waals surface area contributed by atoms with Gasteiger partial charge in [0.1, 0.15) is 0 Å². The molecule has 2 aliphatic heterocycles. The number of benzene rings is 1. The van der Waals surface area contributed by atoms with Crippen LogP contribution < -0.4 is 9.47 Å².